The van der Waals surface area contributed by atoms with Crippen LogP contribution in [0.2, 0.25) is 0 Å². The fourth-order valence-corrected chi connectivity index (χ4v) is 21.6. The molecule has 0 N–H and O–H groups in total. The van der Waals surface area contributed by atoms with Gasteiger partial charge in [0.25, 0.3) is 23.6 Å². The zero-order valence-electron chi connectivity index (χ0n) is 49.1. The van der Waals surface area contributed by atoms with Crippen LogP contribution in [0, 0.1) is 0 Å². The average molecular weight is 1190 g/mol. The molecule has 2 aliphatic heterocycles. The monoisotopic (exact) mass is 1190 g/mol. The first-order valence-corrected chi connectivity index (χ1v) is 33.4. The number of nitrogens with zero attached hydrogens (tertiary/aromatic N) is 2. The van der Waals surface area contributed by atoms with E-state index in [1.54, 1.807) is 24.3 Å². The van der Waals surface area contributed by atoms with Gasteiger partial charge in [0.15, 0.2) is 0 Å². The number of hydrogen-bond donors (Lipinski definition) is 0. The molecule has 0 spiro atoms. The Bertz CT molecular complexity index is 4150. The molecule has 2 heterocycles. The van der Waals surface area contributed by atoms with E-state index in [9.17, 15) is 19.2 Å². The Hall–Kier alpha value is -10.4. The first-order chi connectivity index (χ1) is 43.5. The van der Waals surface area contributed by atoms with Gasteiger partial charge >= 0.3 is 0 Å². The Labute approximate surface area is 519 Å². The first kappa shape index (κ1) is 56.4. The summed E-state index contributed by atoms with van der Waals surface area (Å²) < 4.78 is 6.40. The summed E-state index contributed by atoms with van der Waals surface area (Å²) in [4.78, 5) is 60.2. The van der Waals surface area contributed by atoms with Crippen LogP contribution < -0.4 is 57.0 Å². The maximum Gasteiger partial charge on any atom is 0.266 e. The second-order valence-electron chi connectivity index (χ2n) is 23.0. The zero-order chi connectivity index (χ0) is 60.7. The fraction of sp³-hybridized carbons (Fsp3) is 0.0500. The van der Waals surface area contributed by atoms with Crippen LogP contribution >= 0.6 is 14.5 Å². The molecular formula is C80H60N2O5P2+2. The van der Waals surface area contributed by atoms with E-state index >= 15 is 0 Å². The van der Waals surface area contributed by atoms with Gasteiger partial charge in [0.1, 0.15) is 68.5 Å². The molecule has 12 aromatic rings. The van der Waals surface area contributed by atoms with Gasteiger partial charge in [-0.15, -0.1) is 0 Å². The van der Waals surface area contributed by atoms with Crippen LogP contribution in [0.25, 0.3) is 0 Å². The minimum Gasteiger partial charge on any atom is -0.457 e. The van der Waals surface area contributed by atoms with E-state index in [0.717, 1.165) is 48.8 Å². The highest BCUT2D eigenvalue weighted by atomic mass is 31.2. The highest BCUT2D eigenvalue weighted by Crippen LogP contribution is 2.56. The maximum absolute atomic E-state index is 14.5. The van der Waals surface area contributed by atoms with Gasteiger partial charge in [-0.1, -0.05) is 178 Å². The number of rotatable bonds is 16. The van der Waals surface area contributed by atoms with E-state index in [4.69, 9.17) is 4.74 Å². The highest BCUT2D eigenvalue weighted by molar-refractivity contribution is 8.02. The molecule has 0 atom stereocenters. The number of benzene rings is 12. The number of fused-ring (bicyclic) bond motifs is 2. The minimum atomic E-state index is -2.50. The second-order valence-corrected chi connectivity index (χ2v) is 29.8. The number of carbonyl (C=O) groups excluding carboxylic acids is 4. The molecular weight excluding hydrogens is 1130 g/mol. The Morgan fingerprint density at radius 2 is 0.607 bits per heavy atom. The summed E-state index contributed by atoms with van der Waals surface area (Å²) >= 11 is 0. The van der Waals surface area contributed by atoms with Crippen molar-refractivity contribution in [2.45, 2.75) is 25.7 Å². The van der Waals surface area contributed by atoms with E-state index in [1.807, 2.05) is 97.1 Å². The lowest BCUT2D eigenvalue weighted by Gasteiger charge is -2.28. The van der Waals surface area contributed by atoms with Crippen LogP contribution in [0.1, 0.15) is 77.5 Å². The molecule has 2 aliphatic rings. The molecule has 89 heavy (non-hydrogen) atoms. The molecule has 0 saturated carbocycles. The smallest absolute Gasteiger partial charge is 0.266 e. The highest BCUT2D eigenvalue weighted by Gasteiger charge is 2.50. The number of imide groups is 2. The van der Waals surface area contributed by atoms with Gasteiger partial charge in [-0.25, -0.2) is 9.80 Å². The van der Waals surface area contributed by atoms with Gasteiger partial charge in [0.2, 0.25) is 0 Å². The Balaban J connectivity index is 0.665. The summed E-state index contributed by atoms with van der Waals surface area (Å²) in [5, 5.41) is 9.09. The SMILES string of the molecule is CC(C)(c1ccc(Cc2ccc3c(c2)C(=O)N(c2cccc([P+](c4ccccc4)(c4ccccc4)c4ccccc4)c2)C3=O)cc1)c1ccc(Oc2ccc3c(c2)C(=O)N(c2cccc([P+](c4ccccc4)(c4ccccc4)c4ccccc4)c2)C3=O)cc1. The predicted octanol–water partition coefficient (Wildman–Crippen LogP) is 14.2. The van der Waals surface area contributed by atoms with Crippen molar-refractivity contribution in [1.82, 2.24) is 0 Å². The summed E-state index contributed by atoms with van der Waals surface area (Å²) in [6.45, 7) is 4.37. The van der Waals surface area contributed by atoms with Gasteiger partial charge < -0.3 is 4.74 Å². The lowest BCUT2D eigenvalue weighted by Crippen LogP contribution is -2.39. The van der Waals surface area contributed by atoms with E-state index in [1.165, 1.54) is 25.7 Å². The van der Waals surface area contributed by atoms with Crippen LogP contribution in [0.5, 0.6) is 11.5 Å². The van der Waals surface area contributed by atoms with Crippen molar-refractivity contribution in [2.75, 3.05) is 9.80 Å². The summed E-state index contributed by atoms with van der Waals surface area (Å²) in [6.07, 6.45) is 0.572. The van der Waals surface area contributed by atoms with Crippen molar-refractivity contribution < 1.29 is 23.9 Å². The normalized spacial score (nSPS) is 13.1. The van der Waals surface area contributed by atoms with Crippen LogP contribution in [-0.4, -0.2) is 23.6 Å². The lowest BCUT2D eigenvalue weighted by atomic mass is 9.78. The number of ether oxygens (including phenoxy) is 1. The summed E-state index contributed by atoms with van der Waals surface area (Å²) in [5.74, 6) is -0.415. The third-order valence-electron chi connectivity index (χ3n) is 17.5. The molecule has 7 nitrogen and oxygen atoms in total. The second kappa shape index (κ2) is 23.4. The number of carbonyl (C=O) groups is 4. The lowest BCUT2D eigenvalue weighted by molar-refractivity contribution is 0.0910. The number of anilines is 2. The quantitative estimate of drug-likeness (QED) is 0.0711. The maximum atomic E-state index is 14.5. The largest absolute Gasteiger partial charge is 0.457 e. The zero-order valence-corrected chi connectivity index (χ0v) is 50.8. The van der Waals surface area contributed by atoms with Crippen LogP contribution in [0.4, 0.5) is 11.4 Å². The standard InChI is InChI=1S/C80H60N2O5P2/c1-80(2,58-42-39-56(40-43-58)51-57-41-49-72-74(52-57)78(85)81(76(72)83)60-23-21-37-70(53-60)88(64-25-9-3-10-26-64,65-27-11-4-12-28-65)66-29-13-5-14-30-66)59-44-46-62(47-45-59)87-63-48-50-73-75(55-63)79(86)82(77(73)84)61-24-22-38-71(54-61)89(67-31-15-6-16-32-67,68-33-17-7-18-34-68)69-35-19-8-20-36-69/h3-50,52-55H,51H2,1-2H3/q+2. The molecule has 0 saturated heterocycles. The van der Waals surface area contributed by atoms with Crippen LogP contribution in [0.15, 0.2) is 315 Å². The van der Waals surface area contributed by atoms with Gasteiger partial charge in [0, 0.05) is 17.5 Å². The molecule has 0 fully saturated rings. The fourth-order valence-electron chi connectivity index (χ4n) is 13.0. The van der Waals surface area contributed by atoms with E-state index in [-0.39, 0.29) is 28.7 Å². The molecule has 14 rings (SSSR count). The number of amides is 4. The van der Waals surface area contributed by atoms with E-state index in [0.29, 0.717) is 46.0 Å². The molecule has 12 aromatic carbocycles. The van der Waals surface area contributed by atoms with Crippen molar-refractivity contribution in [3.05, 3.63) is 360 Å². The molecule has 9 heteroatoms. The topological polar surface area (TPSA) is 84.0 Å². The molecule has 0 aliphatic carbocycles. The number of hydrogen-bond acceptors (Lipinski definition) is 5. The van der Waals surface area contributed by atoms with Crippen LogP contribution in [-0.2, 0) is 11.8 Å². The van der Waals surface area contributed by atoms with E-state index < -0.39 is 20.4 Å². The summed E-state index contributed by atoms with van der Waals surface area (Å²) in [6, 6.07) is 106. The van der Waals surface area contributed by atoms with Crippen molar-refractivity contribution in [2.24, 2.45) is 0 Å². The molecule has 4 amide bonds. The molecule has 0 radical (unpaired) electrons. The Kier molecular flexibility index (Phi) is 14.8. The molecule has 0 unspecified atom stereocenters. The van der Waals surface area contributed by atoms with Crippen molar-refractivity contribution in [3.8, 4) is 11.5 Å². The van der Waals surface area contributed by atoms with Crippen molar-refractivity contribution in [1.29, 1.82) is 0 Å². The summed E-state index contributed by atoms with van der Waals surface area (Å²) in [7, 11) is -4.99. The summed E-state index contributed by atoms with van der Waals surface area (Å²) in [5.41, 5.74) is 6.27. The third-order valence-corrected chi connectivity index (χ3v) is 26.1. The van der Waals surface area contributed by atoms with Crippen LogP contribution in [0.3, 0.4) is 0 Å². The average Bonchev–Trinajstić information content (AvgIpc) is 1.53. The Morgan fingerprint density at radius 3 is 1.00 bits per heavy atom. The molecule has 0 aromatic heterocycles. The van der Waals surface area contributed by atoms with Crippen molar-refractivity contribution in [3.63, 3.8) is 0 Å². The van der Waals surface area contributed by atoms with Gasteiger partial charge in [0.05, 0.1) is 33.6 Å². The van der Waals surface area contributed by atoms with Gasteiger partial charge in [-0.3, -0.25) is 19.2 Å². The van der Waals surface area contributed by atoms with E-state index in [2.05, 4.69) is 208 Å². The molecule has 428 valence electrons. The Morgan fingerprint density at radius 1 is 0.292 bits per heavy atom. The minimum absolute atomic E-state index is 0.285. The van der Waals surface area contributed by atoms with Gasteiger partial charge in [-0.05, 0) is 168 Å². The van der Waals surface area contributed by atoms with Crippen molar-refractivity contribution >= 4 is 92.0 Å². The molecule has 0 bridgehead atoms. The van der Waals surface area contributed by atoms with Gasteiger partial charge in [-0.2, -0.15) is 0 Å². The third kappa shape index (κ3) is 9.90. The predicted molar refractivity (Wildman–Crippen MR) is 366 cm³/mol. The first-order valence-electron chi connectivity index (χ1n) is 29.8.